The van der Waals surface area contributed by atoms with Gasteiger partial charge in [0.25, 0.3) is 0 Å². The molecule has 36 heavy (non-hydrogen) atoms. The Bertz CT molecular complexity index is 930. The van der Waals surface area contributed by atoms with Crippen LogP contribution in [-0.2, 0) is 14.3 Å². The van der Waals surface area contributed by atoms with E-state index in [1.165, 1.54) is 18.9 Å². The van der Waals surface area contributed by atoms with Crippen LogP contribution < -0.4 is 10.4 Å². The van der Waals surface area contributed by atoms with Crippen molar-refractivity contribution < 1.29 is 34.7 Å². The maximum Gasteiger partial charge on any atom is 0.305 e. The summed E-state index contributed by atoms with van der Waals surface area (Å²) in [4.78, 5) is 11.4. The normalized spacial score (nSPS) is 25.8. The van der Waals surface area contributed by atoms with Crippen molar-refractivity contribution in [2.45, 2.75) is 74.2 Å². The highest BCUT2D eigenvalue weighted by molar-refractivity contribution is 7.99. The van der Waals surface area contributed by atoms with Crippen molar-refractivity contribution in [3.63, 3.8) is 0 Å². The van der Waals surface area contributed by atoms with Crippen molar-refractivity contribution in [3.8, 4) is 0 Å². The third kappa shape index (κ3) is 5.72. The van der Waals surface area contributed by atoms with Crippen LogP contribution in [0.4, 0.5) is 0 Å². The number of aliphatic hydroxyl groups excluding tert-OH is 4. The Balaban J connectivity index is 2.00. The van der Waals surface area contributed by atoms with Crippen molar-refractivity contribution in [2.75, 3.05) is 12.9 Å². The molecule has 2 aromatic rings. The van der Waals surface area contributed by atoms with E-state index in [9.17, 15) is 25.2 Å². The fourth-order valence-electron chi connectivity index (χ4n) is 5.26. The first-order valence-corrected chi connectivity index (χ1v) is 15.4. The molecule has 0 saturated carbocycles. The number of carbonyl (C=O) groups excluding carboxylic acids is 1. The highest BCUT2D eigenvalue weighted by Gasteiger charge is 2.59. The van der Waals surface area contributed by atoms with Crippen LogP contribution in [0.2, 0.25) is 5.04 Å². The van der Waals surface area contributed by atoms with Gasteiger partial charge in [0.05, 0.1) is 12.8 Å². The van der Waals surface area contributed by atoms with Crippen molar-refractivity contribution in [2.24, 2.45) is 0 Å². The summed E-state index contributed by atoms with van der Waals surface area (Å²) in [6, 6.07) is 19.6. The van der Waals surface area contributed by atoms with Gasteiger partial charge in [-0.05, 0) is 17.2 Å². The summed E-state index contributed by atoms with van der Waals surface area (Å²) in [5.41, 5.74) is -2.02. The minimum Gasteiger partial charge on any atom is -0.469 e. The molecular weight excluding hydrogens is 496 g/mol. The van der Waals surface area contributed by atoms with Crippen LogP contribution in [0.1, 0.15) is 33.6 Å². The Labute approximate surface area is 218 Å². The Kier molecular flexibility index (Phi) is 9.79. The SMILES string of the molecule is COC(=O)CCCS[C@@H]1O[C@H](C(O)[Si](c2ccccc2)(c2ccccc2)C(C)(C)C)[C@H](O)[C@H](O)[C@H]1O. The zero-order valence-electron chi connectivity index (χ0n) is 21.3. The lowest BCUT2D eigenvalue weighted by Crippen LogP contribution is -2.77. The zero-order chi connectivity index (χ0) is 26.5. The Hall–Kier alpha value is -1.72. The quantitative estimate of drug-likeness (QED) is 0.217. The molecule has 198 valence electrons. The van der Waals surface area contributed by atoms with Gasteiger partial charge in [-0.25, -0.2) is 0 Å². The van der Waals surface area contributed by atoms with Crippen molar-refractivity contribution in [1.82, 2.24) is 0 Å². The summed E-state index contributed by atoms with van der Waals surface area (Å²) in [7, 11) is -1.78. The van der Waals surface area contributed by atoms with Crippen LogP contribution in [0.3, 0.4) is 0 Å². The first-order valence-electron chi connectivity index (χ1n) is 12.2. The lowest BCUT2D eigenvalue weighted by atomic mass is 10.0. The summed E-state index contributed by atoms with van der Waals surface area (Å²) in [6.45, 7) is 6.26. The minimum atomic E-state index is -3.11. The molecule has 0 aromatic heterocycles. The average molecular weight is 535 g/mol. The second kappa shape index (κ2) is 12.2. The Morgan fingerprint density at radius 2 is 1.50 bits per heavy atom. The summed E-state index contributed by atoms with van der Waals surface area (Å²) in [5, 5.41) is 46.2. The number of esters is 1. The van der Waals surface area contributed by atoms with Gasteiger partial charge in [0.1, 0.15) is 29.9 Å². The first-order chi connectivity index (χ1) is 17.1. The van der Waals surface area contributed by atoms with Gasteiger partial charge >= 0.3 is 5.97 Å². The van der Waals surface area contributed by atoms with Crippen molar-refractivity contribution >= 4 is 36.2 Å². The molecule has 1 heterocycles. The lowest BCUT2D eigenvalue weighted by Gasteiger charge is -2.52. The fraction of sp³-hybridized carbons (Fsp3) is 0.519. The summed E-state index contributed by atoms with van der Waals surface area (Å²) >= 11 is 1.25. The average Bonchev–Trinajstić information content (AvgIpc) is 2.87. The van der Waals surface area contributed by atoms with E-state index in [4.69, 9.17) is 4.74 Å². The number of hydrogen-bond donors (Lipinski definition) is 4. The van der Waals surface area contributed by atoms with Crippen LogP contribution in [-0.4, -0.2) is 82.9 Å². The minimum absolute atomic E-state index is 0.228. The lowest BCUT2D eigenvalue weighted by molar-refractivity contribution is -0.212. The molecule has 1 fully saturated rings. The van der Waals surface area contributed by atoms with Gasteiger partial charge in [-0.3, -0.25) is 4.79 Å². The number of hydrogen-bond acceptors (Lipinski definition) is 8. The van der Waals surface area contributed by atoms with Crippen LogP contribution in [0.5, 0.6) is 0 Å². The molecule has 1 aliphatic rings. The van der Waals surface area contributed by atoms with Crippen molar-refractivity contribution in [1.29, 1.82) is 0 Å². The molecule has 0 amide bonds. The molecule has 2 aromatic carbocycles. The predicted molar refractivity (Wildman–Crippen MR) is 144 cm³/mol. The van der Waals surface area contributed by atoms with E-state index >= 15 is 0 Å². The number of carbonyl (C=O) groups is 1. The van der Waals surface area contributed by atoms with E-state index in [1.54, 1.807) is 0 Å². The molecule has 0 bridgehead atoms. The number of benzene rings is 2. The smallest absolute Gasteiger partial charge is 0.305 e. The standard InChI is InChI=1S/C27H38O7SSi/c1-27(2,3)36(18-12-7-5-8-13-18,19-14-9-6-10-15-19)25(32)24-22(30)21(29)23(31)26(34-24)35-17-11-16-20(28)33-4/h5-10,12-15,21-26,29-32H,11,16-17H2,1-4H3/t21-,22+,23+,24-,25?,26-/m0/s1. The maximum absolute atomic E-state index is 12.2. The second-order valence-corrected chi connectivity index (χ2v) is 16.3. The third-order valence-electron chi connectivity index (χ3n) is 7.04. The van der Waals surface area contributed by atoms with Gasteiger partial charge in [-0.2, -0.15) is 0 Å². The summed E-state index contributed by atoms with van der Waals surface area (Å²) in [6.07, 6.45) is -4.72. The van der Waals surface area contributed by atoms with Crippen LogP contribution in [0.25, 0.3) is 0 Å². The van der Waals surface area contributed by atoms with Crippen LogP contribution in [0.15, 0.2) is 60.7 Å². The van der Waals surface area contributed by atoms with Gasteiger partial charge in [0, 0.05) is 6.42 Å². The third-order valence-corrected chi connectivity index (χ3v) is 14.4. The molecule has 1 unspecified atom stereocenters. The molecule has 0 radical (unpaired) electrons. The number of thioether (sulfide) groups is 1. The molecule has 4 N–H and O–H groups in total. The molecule has 3 rings (SSSR count). The van der Waals surface area contributed by atoms with Gasteiger partial charge in [-0.15, -0.1) is 11.8 Å². The predicted octanol–water partition coefficient (Wildman–Crippen LogP) is 1.44. The molecule has 7 nitrogen and oxygen atoms in total. The molecular formula is C27H38O7SSi. The van der Waals surface area contributed by atoms with E-state index in [2.05, 4.69) is 25.5 Å². The van der Waals surface area contributed by atoms with Gasteiger partial charge in [0.15, 0.2) is 8.07 Å². The molecule has 0 aliphatic carbocycles. The molecule has 9 heteroatoms. The zero-order valence-corrected chi connectivity index (χ0v) is 23.1. The largest absolute Gasteiger partial charge is 0.469 e. The van der Waals surface area contributed by atoms with E-state index in [1.807, 2.05) is 60.7 Å². The number of rotatable bonds is 9. The number of aliphatic hydroxyl groups is 4. The monoisotopic (exact) mass is 534 g/mol. The Morgan fingerprint density at radius 3 is 1.97 bits per heavy atom. The van der Waals surface area contributed by atoms with Crippen molar-refractivity contribution in [3.05, 3.63) is 60.7 Å². The first kappa shape index (κ1) is 28.8. The molecule has 6 atom stereocenters. The van der Waals surface area contributed by atoms with E-state index in [-0.39, 0.29) is 12.4 Å². The number of ether oxygens (including phenoxy) is 2. The van der Waals surface area contributed by atoms with Gasteiger partial charge < -0.3 is 29.9 Å². The van der Waals surface area contributed by atoms with Gasteiger partial charge in [0.2, 0.25) is 0 Å². The van der Waals surface area contributed by atoms with Crippen LogP contribution in [0, 0.1) is 0 Å². The van der Waals surface area contributed by atoms with E-state index in [0.717, 1.165) is 10.4 Å². The number of methoxy groups -OCH3 is 1. The fourth-order valence-corrected chi connectivity index (χ4v) is 12.2. The Morgan fingerprint density at radius 1 is 0.972 bits per heavy atom. The summed E-state index contributed by atoms with van der Waals surface area (Å²) in [5.74, 6) is 0.151. The van der Waals surface area contributed by atoms with Crippen LogP contribution >= 0.6 is 11.8 Å². The topological polar surface area (TPSA) is 116 Å². The summed E-state index contributed by atoms with van der Waals surface area (Å²) < 4.78 is 10.9. The maximum atomic E-state index is 12.2. The molecule has 1 aliphatic heterocycles. The second-order valence-electron chi connectivity index (χ2n) is 10.2. The highest BCUT2D eigenvalue weighted by atomic mass is 32.2. The van der Waals surface area contributed by atoms with E-state index in [0.29, 0.717) is 12.2 Å². The molecule has 0 spiro atoms. The highest BCUT2D eigenvalue weighted by Crippen LogP contribution is 2.42. The van der Waals surface area contributed by atoms with E-state index < -0.39 is 48.7 Å². The molecule has 1 saturated heterocycles. The van der Waals surface area contributed by atoms with Gasteiger partial charge in [-0.1, -0.05) is 91.8 Å².